The first-order chi connectivity index (χ1) is 13.4. The lowest BCUT2D eigenvalue weighted by Gasteiger charge is -2.12. The van der Waals surface area contributed by atoms with E-state index in [1.54, 1.807) is 0 Å². The SMILES string of the molecule is CCn1c(SCC(=O)Nc2ccc(Br)c(C)c2C)nnc1-c1ccccc1C. The minimum absolute atomic E-state index is 0.0575. The van der Waals surface area contributed by atoms with Gasteiger partial charge in [-0.3, -0.25) is 4.79 Å². The van der Waals surface area contributed by atoms with Crippen LogP contribution in [0.25, 0.3) is 11.4 Å². The molecule has 1 heterocycles. The predicted octanol–water partition coefficient (Wildman–Crippen LogP) is 5.38. The standard InChI is InChI=1S/C21H23BrN4OS/c1-5-26-20(16-9-7-6-8-13(16)2)24-25-21(26)28-12-19(27)23-18-11-10-17(22)14(3)15(18)4/h6-11H,5,12H2,1-4H3,(H,23,27). The zero-order valence-corrected chi connectivity index (χ0v) is 18.8. The van der Waals surface area contributed by atoms with Gasteiger partial charge in [-0.15, -0.1) is 10.2 Å². The number of benzene rings is 2. The maximum absolute atomic E-state index is 12.5. The van der Waals surface area contributed by atoms with Crippen LogP contribution < -0.4 is 5.32 Å². The molecule has 0 aliphatic carbocycles. The van der Waals surface area contributed by atoms with Gasteiger partial charge in [0.25, 0.3) is 0 Å². The second kappa shape index (κ2) is 8.92. The Labute approximate surface area is 178 Å². The van der Waals surface area contributed by atoms with E-state index in [0.29, 0.717) is 0 Å². The number of hydrogen-bond donors (Lipinski definition) is 1. The summed E-state index contributed by atoms with van der Waals surface area (Å²) in [6.07, 6.45) is 0. The molecule has 5 nitrogen and oxygen atoms in total. The van der Waals surface area contributed by atoms with E-state index in [4.69, 9.17) is 0 Å². The highest BCUT2D eigenvalue weighted by Crippen LogP contribution is 2.28. The van der Waals surface area contributed by atoms with Crippen molar-refractivity contribution in [3.05, 3.63) is 57.6 Å². The highest BCUT2D eigenvalue weighted by atomic mass is 79.9. The van der Waals surface area contributed by atoms with E-state index in [1.165, 1.54) is 11.8 Å². The summed E-state index contributed by atoms with van der Waals surface area (Å²) in [7, 11) is 0. The summed E-state index contributed by atoms with van der Waals surface area (Å²) in [5.74, 6) is 1.06. The number of halogens is 1. The van der Waals surface area contributed by atoms with E-state index >= 15 is 0 Å². The number of nitrogens with one attached hydrogen (secondary N) is 1. The summed E-state index contributed by atoms with van der Waals surface area (Å²) >= 11 is 4.92. The molecule has 3 rings (SSSR count). The Morgan fingerprint density at radius 2 is 1.86 bits per heavy atom. The third-order valence-corrected chi connectivity index (χ3v) is 6.57. The van der Waals surface area contributed by atoms with Crippen molar-refractivity contribution in [1.29, 1.82) is 0 Å². The van der Waals surface area contributed by atoms with Crippen LogP contribution in [-0.4, -0.2) is 26.4 Å². The van der Waals surface area contributed by atoms with Crippen molar-refractivity contribution in [1.82, 2.24) is 14.8 Å². The lowest BCUT2D eigenvalue weighted by atomic mass is 10.1. The van der Waals surface area contributed by atoms with Gasteiger partial charge in [0.2, 0.25) is 5.91 Å². The number of nitrogens with zero attached hydrogens (tertiary/aromatic N) is 3. The van der Waals surface area contributed by atoms with Gasteiger partial charge >= 0.3 is 0 Å². The van der Waals surface area contributed by atoms with Crippen LogP contribution in [0.1, 0.15) is 23.6 Å². The molecule has 7 heteroatoms. The average molecular weight is 459 g/mol. The van der Waals surface area contributed by atoms with Crippen molar-refractivity contribution in [3.8, 4) is 11.4 Å². The lowest BCUT2D eigenvalue weighted by Crippen LogP contribution is -2.15. The Hall–Kier alpha value is -2.12. The molecule has 2 aromatic carbocycles. The number of aryl methyl sites for hydroxylation is 1. The summed E-state index contributed by atoms with van der Waals surface area (Å²) in [6, 6.07) is 12.0. The monoisotopic (exact) mass is 458 g/mol. The molecule has 0 saturated heterocycles. The van der Waals surface area contributed by atoms with Gasteiger partial charge in [-0.2, -0.15) is 0 Å². The Morgan fingerprint density at radius 3 is 2.57 bits per heavy atom. The summed E-state index contributed by atoms with van der Waals surface area (Å²) < 4.78 is 3.09. The molecule has 0 atom stereocenters. The van der Waals surface area contributed by atoms with Crippen LogP contribution in [0.4, 0.5) is 5.69 Å². The number of hydrogen-bond acceptors (Lipinski definition) is 4. The van der Waals surface area contributed by atoms with Crippen LogP contribution in [0.2, 0.25) is 0 Å². The molecule has 0 aliphatic heterocycles. The van der Waals surface area contributed by atoms with Crippen LogP contribution >= 0.6 is 27.7 Å². The fraction of sp³-hybridized carbons (Fsp3) is 0.286. The number of carbonyl (C=O) groups excluding carboxylic acids is 1. The lowest BCUT2D eigenvalue weighted by molar-refractivity contribution is -0.113. The molecule has 28 heavy (non-hydrogen) atoms. The largest absolute Gasteiger partial charge is 0.325 e. The number of aromatic nitrogens is 3. The molecule has 0 bridgehead atoms. The first kappa shape index (κ1) is 20.6. The highest BCUT2D eigenvalue weighted by molar-refractivity contribution is 9.10. The van der Waals surface area contributed by atoms with Crippen LogP contribution in [0, 0.1) is 20.8 Å². The normalized spacial score (nSPS) is 10.9. The third kappa shape index (κ3) is 4.31. The molecule has 0 fully saturated rings. The van der Waals surface area contributed by atoms with Crippen LogP contribution in [0.15, 0.2) is 46.0 Å². The van der Waals surface area contributed by atoms with Gasteiger partial charge in [-0.25, -0.2) is 0 Å². The van der Waals surface area contributed by atoms with Gasteiger partial charge in [0.05, 0.1) is 5.75 Å². The van der Waals surface area contributed by atoms with Crippen molar-refractivity contribution in [2.75, 3.05) is 11.1 Å². The molecule has 3 aromatic rings. The van der Waals surface area contributed by atoms with Crippen LogP contribution in [-0.2, 0) is 11.3 Å². The van der Waals surface area contributed by atoms with Gasteiger partial charge in [-0.1, -0.05) is 52.0 Å². The molecule has 0 spiro atoms. The molecule has 0 saturated carbocycles. The van der Waals surface area contributed by atoms with Gasteiger partial charge in [0.1, 0.15) is 0 Å². The van der Waals surface area contributed by atoms with E-state index in [2.05, 4.69) is 55.9 Å². The maximum atomic E-state index is 12.5. The number of carbonyl (C=O) groups is 1. The quantitative estimate of drug-likeness (QED) is 0.503. The molecule has 1 amide bonds. The summed E-state index contributed by atoms with van der Waals surface area (Å²) in [6.45, 7) is 8.90. The van der Waals surface area contributed by atoms with Gasteiger partial charge in [-0.05, 0) is 56.5 Å². The Balaban J connectivity index is 1.72. The fourth-order valence-electron chi connectivity index (χ4n) is 2.94. The van der Waals surface area contributed by atoms with Crippen molar-refractivity contribution < 1.29 is 4.79 Å². The zero-order chi connectivity index (χ0) is 20.3. The molecule has 0 radical (unpaired) electrons. The Morgan fingerprint density at radius 1 is 1.11 bits per heavy atom. The first-order valence-corrected chi connectivity index (χ1v) is 10.9. The van der Waals surface area contributed by atoms with E-state index < -0.39 is 0 Å². The second-order valence-corrected chi connectivity index (χ2v) is 8.34. The predicted molar refractivity (Wildman–Crippen MR) is 119 cm³/mol. The fourth-order valence-corrected chi connectivity index (χ4v) is 4.17. The van der Waals surface area contributed by atoms with E-state index in [1.807, 2.05) is 44.2 Å². The molecule has 1 aromatic heterocycles. The second-order valence-electron chi connectivity index (χ2n) is 6.55. The van der Waals surface area contributed by atoms with Gasteiger partial charge in [0, 0.05) is 22.3 Å². The van der Waals surface area contributed by atoms with Crippen molar-refractivity contribution >= 4 is 39.3 Å². The Bertz CT molecular complexity index is 1020. The molecule has 146 valence electrons. The van der Waals surface area contributed by atoms with Crippen molar-refractivity contribution in [3.63, 3.8) is 0 Å². The summed E-state index contributed by atoms with van der Waals surface area (Å²) in [5, 5.41) is 12.4. The third-order valence-electron chi connectivity index (χ3n) is 4.75. The highest BCUT2D eigenvalue weighted by Gasteiger charge is 2.16. The zero-order valence-electron chi connectivity index (χ0n) is 16.4. The number of amides is 1. The minimum Gasteiger partial charge on any atom is -0.325 e. The number of rotatable bonds is 6. The Kier molecular flexibility index (Phi) is 6.57. The molecular formula is C21H23BrN4OS. The molecule has 1 N–H and O–H groups in total. The first-order valence-electron chi connectivity index (χ1n) is 9.10. The smallest absolute Gasteiger partial charge is 0.234 e. The van der Waals surface area contributed by atoms with Gasteiger partial charge < -0.3 is 9.88 Å². The summed E-state index contributed by atoms with van der Waals surface area (Å²) in [5.41, 5.74) is 5.24. The average Bonchev–Trinajstić information content (AvgIpc) is 3.10. The number of thioether (sulfide) groups is 1. The minimum atomic E-state index is -0.0575. The molecule has 0 aliphatic rings. The summed E-state index contributed by atoms with van der Waals surface area (Å²) in [4.78, 5) is 12.5. The number of anilines is 1. The van der Waals surface area contributed by atoms with E-state index in [9.17, 15) is 4.79 Å². The topological polar surface area (TPSA) is 59.8 Å². The van der Waals surface area contributed by atoms with Crippen LogP contribution in [0.5, 0.6) is 0 Å². The van der Waals surface area contributed by atoms with E-state index in [0.717, 1.165) is 49.9 Å². The van der Waals surface area contributed by atoms with Crippen LogP contribution in [0.3, 0.4) is 0 Å². The maximum Gasteiger partial charge on any atom is 0.234 e. The van der Waals surface area contributed by atoms with E-state index in [-0.39, 0.29) is 11.7 Å². The van der Waals surface area contributed by atoms with Crippen molar-refractivity contribution in [2.45, 2.75) is 39.4 Å². The molecule has 0 unspecified atom stereocenters. The van der Waals surface area contributed by atoms with Gasteiger partial charge in [0.15, 0.2) is 11.0 Å². The molecular weight excluding hydrogens is 436 g/mol. The van der Waals surface area contributed by atoms with Crippen molar-refractivity contribution in [2.24, 2.45) is 0 Å².